The van der Waals surface area contributed by atoms with Gasteiger partial charge in [-0.15, -0.1) is 0 Å². The van der Waals surface area contributed by atoms with Crippen molar-refractivity contribution >= 4 is 33.7 Å². The minimum absolute atomic E-state index is 0.0308. The Morgan fingerprint density at radius 2 is 1.83 bits per heavy atom. The molecule has 3 aromatic rings. The van der Waals surface area contributed by atoms with Crippen LogP contribution in [0.5, 0.6) is 0 Å². The Hall–Kier alpha value is -3.19. The number of carbonyl (C=O) groups excluding carboxylic acids is 2. The van der Waals surface area contributed by atoms with Gasteiger partial charge in [0.05, 0.1) is 4.91 Å². The van der Waals surface area contributed by atoms with Gasteiger partial charge in [-0.25, -0.2) is 4.39 Å². The third-order valence-corrected chi connectivity index (χ3v) is 5.96. The Kier molecular flexibility index (Phi) is 5.30. The minimum Gasteiger partial charge on any atom is -0.322 e. The number of allylic oxidation sites excluding steroid dienone is 1. The summed E-state index contributed by atoms with van der Waals surface area (Å²) < 4.78 is 14.1. The van der Waals surface area contributed by atoms with Gasteiger partial charge in [0.2, 0.25) is 0 Å². The van der Waals surface area contributed by atoms with E-state index in [1.54, 1.807) is 30.3 Å². The first-order valence-electron chi connectivity index (χ1n) is 9.50. The zero-order chi connectivity index (χ0) is 21.4. The number of aromatic amines is 1. The summed E-state index contributed by atoms with van der Waals surface area (Å²) in [6.07, 6.45) is 1.67. The molecule has 5 nitrogen and oxygen atoms in total. The number of rotatable bonds is 4. The van der Waals surface area contributed by atoms with Gasteiger partial charge in [0.15, 0.2) is 0 Å². The van der Waals surface area contributed by atoms with Gasteiger partial charge in [-0.2, -0.15) is 0 Å². The van der Waals surface area contributed by atoms with E-state index in [9.17, 15) is 18.8 Å². The zero-order valence-electron chi connectivity index (χ0n) is 16.4. The molecule has 30 heavy (non-hydrogen) atoms. The molecule has 1 aliphatic heterocycles. The molecule has 2 aromatic carbocycles. The highest BCUT2D eigenvalue weighted by Gasteiger charge is 2.28. The first-order valence-corrected chi connectivity index (χ1v) is 10.3. The molecule has 0 spiro atoms. The van der Waals surface area contributed by atoms with Crippen molar-refractivity contribution < 1.29 is 14.0 Å². The van der Waals surface area contributed by atoms with Crippen molar-refractivity contribution in [2.75, 3.05) is 0 Å². The lowest BCUT2D eigenvalue weighted by molar-refractivity contribution is -0.115. The van der Waals surface area contributed by atoms with Crippen LogP contribution in [0.2, 0.25) is 0 Å². The van der Waals surface area contributed by atoms with Crippen molar-refractivity contribution in [1.82, 2.24) is 10.3 Å². The highest BCUT2D eigenvalue weighted by molar-refractivity contribution is 8.18. The second kappa shape index (κ2) is 7.91. The van der Waals surface area contributed by atoms with Crippen LogP contribution in [0, 0.1) is 11.7 Å². The van der Waals surface area contributed by atoms with Crippen molar-refractivity contribution in [2.45, 2.75) is 19.8 Å². The number of fused-ring (bicyclic) bond motifs is 1. The van der Waals surface area contributed by atoms with Gasteiger partial charge < -0.3 is 4.98 Å². The molecule has 0 bridgehead atoms. The smallest absolute Gasteiger partial charge is 0.290 e. The zero-order valence-corrected chi connectivity index (χ0v) is 17.2. The molecule has 1 fully saturated rings. The maximum Gasteiger partial charge on any atom is 0.290 e. The largest absolute Gasteiger partial charge is 0.322 e. The number of benzene rings is 2. The van der Waals surface area contributed by atoms with Crippen LogP contribution in [0.15, 0.2) is 64.3 Å². The molecule has 1 unspecified atom stereocenters. The number of nitrogens with one attached hydrogen (secondary N) is 2. The van der Waals surface area contributed by atoms with Crippen LogP contribution in [-0.2, 0) is 4.79 Å². The first-order chi connectivity index (χ1) is 14.3. The molecule has 0 radical (unpaired) electrons. The lowest BCUT2D eigenvalue weighted by atomic mass is 9.88. The summed E-state index contributed by atoms with van der Waals surface area (Å²) in [5, 5.41) is 3.08. The third kappa shape index (κ3) is 3.80. The minimum atomic E-state index is -0.443. The molecule has 1 saturated heterocycles. The predicted molar refractivity (Wildman–Crippen MR) is 117 cm³/mol. The third-order valence-electron chi connectivity index (χ3n) is 5.13. The molecule has 2 heterocycles. The lowest BCUT2D eigenvalue weighted by Crippen LogP contribution is -2.21. The number of hydrogen-bond donors (Lipinski definition) is 2. The van der Waals surface area contributed by atoms with E-state index in [-0.39, 0.29) is 23.2 Å². The quantitative estimate of drug-likeness (QED) is 0.584. The number of halogens is 1. The van der Waals surface area contributed by atoms with E-state index in [0.717, 1.165) is 17.1 Å². The van der Waals surface area contributed by atoms with Crippen LogP contribution in [0.4, 0.5) is 9.18 Å². The van der Waals surface area contributed by atoms with Crippen LogP contribution in [-0.4, -0.2) is 16.1 Å². The Labute approximate surface area is 176 Å². The molecule has 0 saturated carbocycles. The molecular formula is C23H19FN2O3S. The molecule has 1 aromatic heterocycles. The molecule has 152 valence electrons. The highest BCUT2D eigenvalue weighted by atomic mass is 32.2. The summed E-state index contributed by atoms with van der Waals surface area (Å²) in [6.45, 7) is 3.89. The summed E-state index contributed by atoms with van der Waals surface area (Å²) in [4.78, 5) is 39.4. The highest BCUT2D eigenvalue weighted by Crippen LogP contribution is 2.32. The average molecular weight is 422 g/mol. The number of hydrogen-bond acceptors (Lipinski definition) is 4. The molecule has 1 atom stereocenters. The number of pyridine rings is 1. The summed E-state index contributed by atoms with van der Waals surface area (Å²) in [6, 6.07) is 13.7. The Morgan fingerprint density at radius 1 is 1.03 bits per heavy atom. The van der Waals surface area contributed by atoms with Crippen molar-refractivity contribution in [2.24, 2.45) is 5.92 Å². The molecule has 2 N–H and O–H groups in total. The fourth-order valence-corrected chi connectivity index (χ4v) is 4.26. The van der Waals surface area contributed by atoms with E-state index >= 15 is 0 Å². The van der Waals surface area contributed by atoms with Gasteiger partial charge in [-0.3, -0.25) is 19.7 Å². The number of aromatic nitrogens is 1. The van der Waals surface area contributed by atoms with E-state index in [1.165, 1.54) is 6.07 Å². The second-order valence-electron chi connectivity index (χ2n) is 7.48. The maximum absolute atomic E-state index is 14.1. The monoisotopic (exact) mass is 422 g/mol. The van der Waals surface area contributed by atoms with E-state index in [4.69, 9.17) is 0 Å². The number of amides is 2. The second-order valence-corrected chi connectivity index (χ2v) is 8.49. The Morgan fingerprint density at radius 3 is 2.50 bits per heavy atom. The van der Waals surface area contributed by atoms with Crippen LogP contribution in [0.1, 0.15) is 25.3 Å². The van der Waals surface area contributed by atoms with E-state index in [1.807, 2.05) is 32.0 Å². The standard InChI is InChI=1S/C23H19FN2O3S/c1-12(2)16(11-20-22(28)26-23(29)30-20)15-8-9-19(25-21(15)27)14-7-6-13-4-3-5-18(24)17(13)10-14/h3-12,16H,1-2H3,(H,25,27)(H,26,28,29)/b20-11-. The molecule has 2 amide bonds. The lowest BCUT2D eigenvalue weighted by Gasteiger charge is -2.17. The summed E-state index contributed by atoms with van der Waals surface area (Å²) in [7, 11) is 0. The maximum atomic E-state index is 14.1. The molecule has 7 heteroatoms. The first kappa shape index (κ1) is 20.1. The van der Waals surface area contributed by atoms with E-state index in [0.29, 0.717) is 27.1 Å². The SMILES string of the molecule is CC(C)C(/C=C1\SC(=O)NC1=O)c1ccc(-c2ccc3cccc(F)c3c2)[nH]c1=O. The van der Waals surface area contributed by atoms with Gasteiger partial charge in [-0.1, -0.05) is 50.3 Å². The fraction of sp³-hybridized carbons (Fsp3) is 0.174. The van der Waals surface area contributed by atoms with Gasteiger partial charge in [0.1, 0.15) is 5.82 Å². The van der Waals surface area contributed by atoms with Crippen LogP contribution in [0.3, 0.4) is 0 Å². The molecular weight excluding hydrogens is 403 g/mol. The number of carbonyl (C=O) groups is 2. The van der Waals surface area contributed by atoms with E-state index < -0.39 is 11.1 Å². The Balaban J connectivity index is 1.73. The van der Waals surface area contributed by atoms with Gasteiger partial charge in [0.25, 0.3) is 16.7 Å². The number of imide groups is 1. The molecule has 1 aliphatic rings. The van der Waals surface area contributed by atoms with Gasteiger partial charge in [-0.05, 0) is 46.8 Å². The molecule has 4 rings (SSSR count). The van der Waals surface area contributed by atoms with Crippen molar-refractivity contribution in [3.05, 3.63) is 81.2 Å². The Bertz CT molecular complexity index is 1260. The summed E-state index contributed by atoms with van der Waals surface area (Å²) in [5.41, 5.74) is 1.49. The predicted octanol–water partition coefficient (Wildman–Crippen LogP) is 4.94. The summed E-state index contributed by atoms with van der Waals surface area (Å²) >= 11 is 0.836. The average Bonchev–Trinajstić information content (AvgIpc) is 3.03. The fourth-order valence-electron chi connectivity index (χ4n) is 3.56. The van der Waals surface area contributed by atoms with Crippen molar-refractivity contribution in [3.63, 3.8) is 0 Å². The number of thioether (sulfide) groups is 1. The van der Waals surface area contributed by atoms with Gasteiger partial charge in [0, 0.05) is 22.6 Å². The normalized spacial score (nSPS) is 16.5. The van der Waals surface area contributed by atoms with Crippen molar-refractivity contribution in [3.8, 4) is 11.3 Å². The van der Waals surface area contributed by atoms with Gasteiger partial charge >= 0.3 is 0 Å². The van der Waals surface area contributed by atoms with Crippen molar-refractivity contribution in [1.29, 1.82) is 0 Å². The number of H-pyrrole nitrogens is 1. The molecule has 0 aliphatic carbocycles. The van der Waals surface area contributed by atoms with E-state index in [2.05, 4.69) is 10.3 Å². The topological polar surface area (TPSA) is 79.0 Å². The van der Waals surface area contributed by atoms with Crippen LogP contribution < -0.4 is 10.9 Å². The van der Waals surface area contributed by atoms with Crippen LogP contribution in [0.25, 0.3) is 22.0 Å². The summed E-state index contributed by atoms with van der Waals surface area (Å²) in [5.74, 6) is -1.07. The van der Waals surface area contributed by atoms with Crippen LogP contribution >= 0.6 is 11.8 Å².